The smallest absolute Gasteiger partial charge is 0.331 e. The molecule has 2 aromatic rings. The molecule has 0 unspecified atom stereocenters. The van der Waals surface area contributed by atoms with Crippen LogP contribution in [0.25, 0.3) is 0 Å². The van der Waals surface area contributed by atoms with E-state index in [1.165, 1.54) is 7.05 Å². The first-order valence-electron chi connectivity index (χ1n) is 6.77. The average Bonchev–Trinajstić information content (AvgIpc) is 2.93. The summed E-state index contributed by atoms with van der Waals surface area (Å²) in [6.07, 6.45) is -4.60. The highest BCUT2D eigenvalue weighted by Gasteiger charge is 2.37. The van der Waals surface area contributed by atoms with E-state index in [1.807, 2.05) is 18.2 Å². The second-order valence-corrected chi connectivity index (χ2v) is 6.00. The Labute approximate surface area is 150 Å². The van der Waals surface area contributed by atoms with Crippen molar-refractivity contribution in [2.24, 2.45) is 7.05 Å². The molecule has 1 heterocycles. The molecule has 1 aromatic heterocycles. The van der Waals surface area contributed by atoms with E-state index >= 15 is 0 Å². The lowest BCUT2D eigenvalue weighted by molar-refractivity contribution is -0.147. The molecule has 25 heavy (non-hydrogen) atoms. The predicted octanol–water partition coefficient (Wildman–Crippen LogP) is 1.94. The van der Waals surface area contributed by atoms with Gasteiger partial charge in [0.2, 0.25) is 11.7 Å². The molecule has 0 spiro atoms. The molecule has 0 aliphatic carbocycles. The molecular formula is C13H13F3N6OS2. The molecule has 0 radical (unpaired) electrons. The Kier molecular flexibility index (Phi) is 6.20. The van der Waals surface area contributed by atoms with Crippen LogP contribution in [0.4, 0.5) is 18.9 Å². The minimum absolute atomic E-state index is 0.0209. The predicted molar refractivity (Wildman–Crippen MR) is 90.7 cm³/mol. The fourth-order valence-corrected chi connectivity index (χ4v) is 2.54. The Morgan fingerprint density at radius 3 is 2.52 bits per heavy atom. The summed E-state index contributed by atoms with van der Waals surface area (Å²) in [6.45, 7) is 0. The van der Waals surface area contributed by atoms with Crippen molar-refractivity contribution in [2.45, 2.75) is 11.3 Å². The molecule has 1 aromatic carbocycles. The number of nitrogens with zero attached hydrogens (tertiary/aromatic N) is 3. The van der Waals surface area contributed by atoms with Gasteiger partial charge >= 0.3 is 6.18 Å². The lowest BCUT2D eigenvalue weighted by Gasteiger charge is -2.11. The number of hydrogen-bond donors (Lipinski definition) is 3. The van der Waals surface area contributed by atoms with Gasteiger partial charge in [0.05, 0.1) is 5.75 Å². The van der Waals surface area contributed by atoms with Crippen molar-refractivity contribution in [1.29, 1.82) is 0 Å². The summed E-state index contributed by atoms with van der Waals surface area (Å²) in [4.78, 5) is 11.7. The summed E-state index contributed by atoms with van der Waals surface area (Å²) in [5.74, 6) is -1.77. The number of anilines is 1. The molecule has 0 saturated carbocycles. The molecule has 3 N–H and O–H groups in total. The number of nitrogens with one attached hydrogen (secondary N) is 3. The molecule has 0 atom stereocenters. The first-order valence-corrected chi connectivity index (χ1v) is 8.17. The quantitative estimate of drug-likeness (QED) is 0.418. The van der Waals surface area contributed by atoms with Crippen molar-refractivity contribution in [1.82, 2.24) is 25.6 Å². The third-order valence-electron chi connectivity index (χ3n) is 2.77. The van der Waals surface area contributed by atoms with Crippen LogP contribution in [0, 0.1) is 0 Å². The molecule has 134 valence electrons. The lowest BCUT2D eigenvalue weighted by atomic mass is 10.3. The topological polar surface area (TPSA) is 83.9 Å². The number of thiocarbonyl (C=S) groups is 1. The lowest BCUT2D eigenvalue weighted by Crippen LogP contribution is -2.44. The minimum atomic E-state index is -4.60. The molecular weight excluding hydrogens is 377 g/mol. The minimum Gasteiger partial charge on any atom is -0.331 e. The largest absolute Gasteiger partial charge is 0.451 e. The van der Waals surface area contributed by atoms with Crippen molar-refractivity contribution < 1.29 is 18.0 Å². The molecule has 7 nitrogen and oxygen atoms in total. The van der Waals surface area contributed by atoms with E-state index in [-0.39, 0.29) is 16.0 Å². The van der Waals surface area contributed by atoms with E-state index in [2.05, 4.69) is 26.4 Å². The normalized spacial score (nSPS) is 11.0. The van der Waals surface area contributed by atoms with Gasteiger partial charge in [-0.1, -0.05) is 30.0 Å². The number of hydrogen-bond acceptors (Lipinski definition) is 5. The molecule has 0 bridgehead atoms. The highest BCUT2D eigenvalue weighted by atomic mass is 32.2. The van der Waals surface area contributed by atoms with E-state index in [9.17, 15) is 18.0 Å². The van der Waals surface area contributed by atoms with E-state index in [0.29, 0.717) is 0 Å². The number of benzene rings is 1. The third-order valence-corrected chi connectivity index (χ3v) is 3.99. The zero-order valence-electron chi connectivity index (χ0n) is 12.8. The summed E-state index contributed by atoms with van der Waals surface area (Å²) in [5.41, 5.74) is 5.57. The number of amides is 1. The first kappa shape index (κ1) is 19.0. The molecule has 0 aliphatic heterocycles. The van der Waals surface area contributed by atoms with Crippen molar-refractivity contribution in [3.63, 3.8) is 0 Å². The number of carbonyl (C=O) groups excluding carboxylic acids is 1. The third kappa shape index (κ3) is 5.60. The molecule has 0 aliphatic rings. The zero-order valence-corrected chi connectivity index (χ0v) is 14.4. The first-order chi connectivity index (χ1) is 11.8. The highest BCUT2D eigenvalue weighted by molar-refractivity contribution is 7.99. The number of aromatic nitrogens is 3. The number of carbonyl (C=O) groups is 1. The van der Waals surface area contributed by atoms with Gasteiger partial charge in [0, 0.05) is 12.7 Å². The summed E-state index contributed by atoms with van der Waals surface area (Å²) in [5, 5.41) is 9.49. The molecule has 1 amide bonds. The molecule has 0 fully saturated rings. The maximum atomic E-state index is 12.6. The van der Waals surface area contributed by atoms with Crippen LogP contribution < -0.4 is 16.2 Å². The summed E-state index contributed by atoms with van der Waals surface area (Å²) in [6, 6.07) is 9.06. The van der Waals surface area contributed by atoms with Gasteiger partial charge in [0.15, 0.2) is 10.3 Å². The van der Waals surface area contributed by atoms with Gasteiger partial charge in [-0.25, -0.2) is 0 Å². The number of thioether (sulfide) groups is 1. The van der Waals surface area contributed by atoms with Gasteiger partial charge in [-0.2, -0.15) is 13.2 Å². The Bertz CT molecular complexity index is 750. The van der Waals surface area contributed by atoms with Crippen molar-refractivity contribution >= 4 is 40.7 Å². The standard InChI is InChI=1S/C13H13F3N6OS2/c1-22-10(13(14,15)16)19-21-12(22)25-7-9(23)18-20-11(24)17-8-5-3-2-4-6-8/h2-6H,7H2,1H3,(H,18,23)(H2,17,20,24). The van der Waals surface area contributed by atoms with Gasteiger partial charge < -0.3 is 9.88 Å². The van der Waals surface area contributed by atoms with Crippen LogP contribution in [0.15, 0.2) is 35.5 Å². The monoisotopic (exact) mass is 390 g/mol. The number of alkyl halides is 3. The van der Waals surface area contributed by atoms with Crippen LogP contribution in [0.2, 0.25) is 0 Å². The second-order valence-electron chi connectivity index (χ2n) is 4.64. The van der Waals surface area contributed by atoms with Crippen LogP contribution in [-0.2, 0) is 18.0 Å². The molecule has 2 rings (SSSR count). The maximum Gasteiger partial charge on any atom is 0.451 e. The van der Waals surface area contributed by atoms with Gasteiger partial charge in [0.1, 0.15) is 0 Å². The van der Waals surface area contributed by atoms with Crippen molar-refractivity contribution in [3.8, 4) is 0 Å². The Balaban J connectivity index is 1.78. The summed E-state index contributed by atoms with van der Waals surface area (Å²) < 4.78 is 38.6. The average molecular weight is 390 g/mol. The number of hydrazine groups is 1. The van der Waals surface area contributed by atoms with Gasteiger partial charge in [-0.05, 0) is 24.4 Å². The highest BCUT2D eigenvalue weighted by Crippen LogP contribution is 2.29. The van der Waals surface area contributed by atoms with Crippen LogP contribution in [0.5, 0.6) is 0 Å². The van der Waals surface area contributed by atoms with Crippen molar-refractivity contribution in [2.75, 3.05) is 11.1 Å². The van der Waals surface area contributed by atoms with E-state index in [4.69, 9.17) is 12.2 Å². The van der Waals surface area contributed by atoms with Crippen LogP contribution >= 0.6 is 24.0 Å². The van der Waals surface area contributed by atoms with E-state index < -0.39 is 17.9 Å². The van der Waals surface area contributed by atoms with Crippen molar-refractivity contribution in [3.05, 3.63) is 36.2 Å². The SMILES string of the molecule is Cn1c(SCC(=O)NNC(=S)Nc2ccccc2)nnc1C(F)(F)F. The number of para-hydroxylation sites is 1. The zero-order chi connectivity index (χ0) is 18.4. The Morgan fingerprint density at radius 1 is 1.24 bits per heavy atom. The fourth-order valence-electron chi connectivity index (χ4n) is 1.66. The van der Waals surface area contributed by atoms with Crippen LogP contribution in [0.1, 0.15) is 5.82 Å². The Hall–Kier alpha value is -2.34. The number of halogens is 3. The van der Waals surface area contributed by atoms with E-state index in [1.54, 1.807) is 12.1 Å². The molecule has 0 saturated heterocycles. The second kappa shape index (κ2) is 8.16. The van der Waals surface area contributed by atoms with E-state index in [0.717, 1.165) is 22.0 Å². The van der Waals surface area contributed by atoms with Gasteiger partial charge in [-0.15, -0.1) is 10.2 Å². The van der Waals surface area contributed by atoms with Crippen LogP contribution in [0.3, 0.4) is 0 Å². The van der Waals surface area contributed by atoms with Gasteiger partial charge in [-0.3, -0.25) is 15.6 Å². The maximum absolute atomic E-state index is 12.6. The molecule has 12 heteroatoms. The van der Waals surface area contributed by atoms with Crippen LogP contribution in [-0.4, -0.2) is 31.5 Å². The summed E-state index contributed by atoms with van der Waals surface area (Å²) in [7, 11) is 1.18. The van der Waals surface area contributed by atoms with Gasteiger partial charge in [0.25, 0.3) is 0 Å². The number of rotatable bonds is 4. The Morgan fingerprint density at radius 2 is 1.92 bits per heavy atom. The summed E-state index contributed by atoms with van der Waals surface area (Å²) >= 11 is 5.82. The fraction of sp³-hybridized carbons (Fsp3) is 0.231.